The summed E-state index contributed by atoms with van der Waals surface area (Å²) in [6.45, 7) is 1.51. The van der Waals surface area contributed by atoms with Gasteiger partial charge >= 0.3 is 0 Å². The van der Waals surface area contributed by atoms with Crippen LogP contribution in [0.3, 0.4) is 0 Å². The monoisotopic (exact) mass is 330 g/mol. The van der Waals surface area contributed by atoms with E-state index in [0.717, 1.165) is 17.8 Å². The molecular formula is C18H26N4O2. The van der Waals surface area contributed by atoms with E-state index in [1.54, 1.807) is 4.90 Å². The van der Waals surface area contributed by atoms with Crippen molar-refractivity contribution in [2.24, 2.45) is 5.10 Å². The highest BCUT2D eigenvalue weighted by molar-refractivity contribution is 5.94. The first-order chi connectivity index (χ1) is 11.4. The molecule has 0 aromatic heterocycles. The third-order valence-corrected chi connectivity index (χ3v) is 3.97. The van der Waals surface area contributed by atoms with Crippen LogP contribution in [0.2, 0.25) is 0 Å². The molecule has 0 radical (unpaired) electrons. The number of benzene rings is 1. The molecule has 0 saturated heterocycles. The molecule has 1 N–H and O–H groups in total. The van der Waals surface area contributed by atoms with Gasteiger partial charge in [-0.25, -0.2) is 5.43 Å². The number of hydrazone groups is 1. The maximum absolute atomic E-state index is 12.2. The van der Waals surface area contributed by atoms with Gasteiger partial charge < -0.3 is 9.80 Å². The van der Waals surface area contributed by atoms with E-state index in [1.807, 2.05) is 21.1 Å². The van der Waals surface area contributed by atoms with Gasteiger partial charge in [-0.15, -0.1) is 0 Å². The van der Waals surface area contributed by atoms with E-state index in [9.17, 15) is 9.59 Å². The van der Waals surface area contributed by atoms with Crippen molar-refractivity contribution in [1.29, 1.82) is 0 Å². The Morgan fingerprint density at radius 1 is 1.08 bits per heavy atom. The summed E-state index contributed by atoms with van der Waals surface area (Å²) in [4.78, 5) is 27.2. The summed E-state index contributed by atoms with van der Waals surface area (Å²) in [6.07, 6.45) is 2.13. The van der Waals surface area contributed by atoms with Crippen molar-refractivity contribution in [3.8, 4) is 0 Å². The summed E-state index contributed by atoms with van der Waals surface area (Å²) in [5.41, 5.74) is 5.74. The lowest BCUT2D eigenvalue weighted by atomic mass is 10.1. The lowest BCUT2D eigenvalue weighted by Gasteiger charge is -2.18. The highest BCUT2D eigenvalue weighted by Gasteiger charge is 2.15. The molecule has 0 aliphatic carbocycles. The van der Waals surface area contributed by atoms with Crippen molar-refractivity contribution < 1.29 is 9.59 Å². The van der Waals surface area contributed by atoms with Gasteiger partial charge in [0.2, 0.25) is 11.8 Å². The average Bonchev–Trinajstić information content (AvgIpc) is 2.55. The number of hydrogen-bond acceptors (Lipinski definition) is 4. The molecule has 2 rings (SSSR count). The normalized spacial score (nSPS) is 14.3. The van der Waals surface area contributed by atoms with E-state index in [2.05, 4.69) is 39.7 Å². The second kappa shape index (κ2) is 8.59. The van der Waals surface area contributed by atoms with Gasteiger partial charge in [0, 0.05) is 38.7 Å². The van der Waals surface area contributed by atoms with Crippen molar-refractivity contribution in [2.45, 2.75) is 38.8 Å². The largest absolute Gasteiger partial charge is 0.341 e. The molecule has 0 saturated carbocycles. The van der Waals surface area contributed by atoms with Crippen molar-refractivity contribution >= 4 is 17.5 Å². The van der Waals surface area contributed by atoms with Crippen LogP contribution in [0.15, 0.2) is 29.4 Å². The van der Waals surface area contributed by atoms with Gasteiger partial charge in [0.15, 0.2) is 0 Å². The van der Waals surface area contributed by atoms with Gasteiger partial charge in [0.05, 0.1) is 0 Å². The molecule has 0 atom stereocenters. The van der Waals surface area contributed by atoms with Gasteiger partial charge in [0.1, 0.15) is 0 Å². The summed E-state index contributed by atoms with van der Waals surface area (Å²) in [5, 5.41) is 4.00. The van der Waals surface area contributed by atoms with E-state index >= 15 is 0 Å². The number of nitrogens with zero attached hydrogens (tertiary/aromatic N) is 3. The van der Waals surface area contributed by atoms with Crippen LogP contribution in [0.25, 0.3) is 0 Å². The zero-order valence-corrected chi connectivity index (χ0v) is 14.7. The molecule has 1 aliphatic rings. The minimum Gasteiger partial charge on any atom is -0.341 e. The van der Waals surface area contributed by atoms with Crippen LogP contribution in [0.4, 0.5) is 0 Å². The second-order valence-electron chi connectivity index (χ2n) is 6.52. The molecule has 24 heavy (non-hydrogen) atoms. The van der Waals surface area contributed by atoms with Crippen LogP contribution < -0.4 is 5.43 Å². The molecule has 1 aliphatic heterocycles. The fourth-order valence-electron chi connectivity index (χ4n) is 2.61. The van der Waals surface area contributed by atoms with E-state index < -0.39 is 0 Å². The first kappa shape index (κ1) is 18.1. The molecule has 0 bridgehead atoms. The van der Waals surface area contributed by atoms with Crippen molar-refractivity contribution in [3.05, 3.63) is 35.4 Å². The lowest BCUT2D eigenvalue weighted by molar-refractivity contribution is -0.130. The summed E-state index contributed by atoms with van der Waals surface area (Å²) >= 11 is 0. The van der Waals surface area contributed by atoms with Gasteiger partial charge in [-0.05, 0) is 38.1 Å². The number of nitrogens with one attached hydrogen (secondary N) is 1. The second-order valence-corrected chi connectivity index (χ2v) is 6.52. The molecule has 130 valence electrons. The number of amides is 2. The van der Waals surface area contributed by atoms with E-state index in [4.69, 9.17) is 0 Å². The Kier molecular flexibility index (Phi) is 6.49. The molecule has 0 spiro atoms. The quantitative estimate of drug-likeness (QED) is 0.828. The molecular weight excluding hydrogens is 304 g/mol. The van der Waals surface area contributed by atoms with Gasteiger partial charge in [0.25, 0.3) is 0 Å². The first-order valence-corrected chi connectivity index (χ1v) is 8.25. The van der Waals surface area contributed by atoms with Gasteiger partial charge in [-0.1, -0.05) is 24.3 Å². The van der Waals surface area contributed by atoms with Crippen molar-refractivity contribution in [2.75, 3.05) is 21.1 Å². The van der Waals surface area contributed by atoms with E-state index in [1.165, 1.54) is 5.56 Å². The Morgan fingerprint density at radius 2 is 1.71 bits per heavy atom. The SMILES string of the molecule is CN(C)Cc1ccc(CN(C)C(=O)CCC2=NNC(=O)CC2)cc1. The van der Waals surface area contributed by atoms with Crippen LogP contribution in [0.1, 0.15) is 36.8 Å². The third kappa shape index (κ3) is 5.77. The molecule has 1 heterocycles. The number of carbonyl (C=O) groups is 2. The van der Waals surface area contributed by atoms with Gasteiger partial charge in [-0.2, -0.15) is 5.10 Å². The summed E-state index contributed by atoms with van der Waals surface area (Å²) < 4.78 is 0. The highest BCUT2D eigenvalue weighted by Crippen LogP contribution is 2.11. The van der Waals surface area contributed by atoms with E-state index in [0.29, 0.717) is 32.2 Å². The highest BCUT2D eigenvalue weighted by atomic mass is 16.2. The Labute approximate surface area is 143 Å². The van der Waals surface area contributed by atoms with Crippen molar-refractivity contribution in [1.82, 2.24) is 15.2 Å². The molecule has 2 amide bonds. The van der Waals surface area contributed by atoms with Crippen LogP contribution in [0.5, 0.6) is 0 Å². The molecule has 0 unspecified atom stereocenters. The molecule has 6 nitrogen and oxygen atoms in total. The molecule has 6 heteroatoms. The number of rotatable bonds is 7. The zero-order chi connectivity index (χ0) is 17.5. The fraction of sp³-hybridized carbons (Fsp3) is 0.500. The maximum atomic E-state index is 12.2. The minimum atomic E-state index is -0.0556. The number of carbonyl (C=O) groups excluding carboxylic acids is 2. The van der Waals surface area contributed by atoms with Crippen molar-refractivity contribution in [3.63, 3.8) is 0 Å². The average molecular weight is 330 g/mol. The maximum Gasteiger partial charge on any atom is 0.240 e. The van der Waals surface area contributed by atoms with Crippen LogP contribution >= 0.6 is 0 Å². The minimum absolute atomic E-state index is 0.0556. The Hall–Kier alpha value is -2.21. The third-order valence-electron chi connectivity index (χ3n) is 3.97. The Balaban J connectivity index is 1.79. The molecule has 0 fully saturated rings. The Bertz CT molecular complexity index is 608. The predicted octanol–water partition coefficient (Wildman–Crippen LogP) is 1.75. The smallest absolute Gasteiger partial charge is 0.240 e. The first-order valence-electron chi connectivity index (χ1n) is 8.25. The fourth-order valence-corrected chi connectivity index (χ4v) is 2.61. The molecule has 1 aromatic carbocycles. The van der Waals surface area contributed by atoms with Crippen LogP contribution in [-0.2, 0) is 22.7 Å². The summed E-state index contributed by atoms with van der Waals surface area (Å²) in [6, 6.07) is 8.35. The summed E-state index contributed by atoms with van der Waals surface area (Å²) in [5.74, 6) is 0.0341. The van der Waals surface area contributed by atoms with Crippen LogP contribution in [0, 0.1) is 0 Å². The zero-order valence-electron chi connectivity index (χ0n) is 14.7. The van der Waals surface area contributed by atoms with Gasteiger partial charge in [-0.3, -0.25) is 9.59 Å². The predicted molar refractivity (Wildman–Crippen MR) is 94.4 cm³/mol. The van der Waals surface area contributed by atoms with Crippen LogP contribution in [-0.4, -0.2) is 48.5 Å². The standard InChI is InChI=1S/C18H26N4O2/c1-21(2)12-14-4-6-15(7-5-14)13-22(3)18(24)11-9-16-8-10-17(23)20-19-16/h4-7H,8-13H2,1-3H3,(H,20,23). The number of hydrogen-bond donors (Lipinski definition) is 1. The topological polar surface area (TPSA) is 65.0 Å². The Morgan fingerprint density at radius 3 is 2.25 bits per heavy atom. The lowest BCUT2D eigenvalue weighted by Crippen LogP contribution is -2.29. The van der Waals surface area contributed by atoms with E-state index in [-0.39, 0.29) is 11.8 Å². The summed E-state index contributed by atoms with van der Waals surface area (Å²) in [7, 11) is 5.91. The molecule has 1 aromatic rings.